The van der Waals surface area contributed by atoms with E-state index in [4.69, 9.17) is 0 Å². The maximum absolute atomic E-state index is 9.44. The number of Topliss-reactive ketones (excluding diaryl/α,β-unsaturated/α-hetero) is 1. The Hall–Kier alpha value is 0.124. The molecule has 0 aromatic carbocycles. The Balaban J connectivity index is -0.0000000480. The van der Waals surface area contributed by atoms with Gasteiger partial charge in [0.25, 0.3) is 0 Å². The predicted octanol–water partition coefficient (Wildman–Crippen LogP) is 1.40. The maximum Gasteiger partial charge on any atom is 0.126 e. The second kappa shape index (κ2) is 16.5. The Kier molecular flexibility index (Phi) is 37.0. The summed E-state index contributed by atoms with van der Waals surface area (Å²) in [6.45, 7) is 9.06. The molecule has 0 spiro atoms. The molecule has 0 heterocycles. The number of ketones is 1. The van der Waals surface area contributed by atoms with Crippen molar-refractivity contribution in [3.63, 3.8) is 0 Å². The Morgan fingerprint density at radius 2 is 1.29 bits per heavy atom. The smallest absolute Gasteiger partial charge is 0.126 e. The summed E-state index contributed by atoms with van der Waals surface area (Å²) in [5.41, 5.74) is 0. The third-order valence-electron chi connectivity index (χ3n) is 0. The average molecular weight is 134 g/mol. The molecule has 7 heavy (non-hydrogen) atoms. The predicted molar refractivity (Wildman–Crippen MR) is 27.6 cm³/mol. The van der Waals surface area contributed by atoms with Gasteiger partial charge in [0, 0.05) is 21.7 Å². The van der Waals surface area contributed by atoms with Crippen molar-refractivity contribution in [2.24, 2.45) is 0 Å². The van der Waals surface area contributed by atoms with E-state index < -0.39 is 0 Å². The summed E-state index contributed by atoms with van der Waals surface area (Å²) in [5, 5.41) is 0. The van der Waals surface area contributed by atoms with E-state index in [1.165, 1.54) is 13.8 Å². The van der Waals surface area contributed by atoms with E-state index >= 15 is 0 Å². The normalized spacial score (nSPS) is 4.29. The standard InChI is InChI=1S/C3H6O.C2H4.Ti/c1-3(2)4;1-2;/h1-2H3;1-2H2;. The van der Waals surface area contributed by atoms with Gasteiger partial charge in [0.1, 0.15) is 5.78 Å². The molecule has 0 saturated heterocycles. The fourth-order valence-corrected chi connectivity index (χ4v) is 0. The van der Waals surface area contributed by atoms with Crippen molar-refractivity contribution in [2.45, 2.75) is 13.8 Å². The summed E-state index contributed by atoms with van der Waals surface area (Å²) in [5.74, 6) is 0.167. The molecule has 0 aromatic heterocycles. The van der Waals surface area contributed by atoms with E-state index in [1.807, 2.05) is 0 Å². The SMILES string of the molecule is C=C.CC(C)=O.[Ti]. The third kappa shape index (κ3) is 6740. The van der Waals surface area contributed by atoms with Crippen molar-refractivity contribution < 1.29 is 26.5 Å². The van der Waals surface area contributed by atoms with Gasteiger partial charge in [-0.25, -0.2) is 0 Å². The van der Waals surface area contributed by atoms with Crippen molar-refractivity contribution >= 4 is 5.78 Å². The van der Waals surface area contributed by atoms with Crippen LogP contribution in [0, 0.1) is 0 Å². The molecule has 0 atom stereocenters. The van der Waals surface area contributed by atoms with Crippen LogP contribution in [-0.2, 0) is 26.5 Å². The fourth-order valence-electron chi connectivity index (χ4n) is 0. The third-order valence-corrected chi connectivity index (χ3v) is 0. The summed E-state index contributed by atoms with van der Waals surface area (Å²) in [6.07, 6.45) is 0. The van der Waals surface area contributed by atoms with Crippen LogP contribution >= 0.6 is 0 Å². The summed E-state index contributed by atoms with van der Waals surface area (Å²) in [6, 6.07) is 0. The first kappa shape index (κ1) is 15.7. The van der Waals surface area contributed by atoms with E-state index in [0.717, 1.165) is 0 Å². The quantitative estimate of drug-likeness (QED) is 0.361. The topological polar surface area (TPSA) is 17.1 Å². The molecular formula is C5H10OTi. The monoisotopic (exact) mass is 134 g/mol. The number of rotatable bonds is 0. The molecule has 0 bridgehead atoms. The van der Waals surface area contributed by atoms with Crippen LogP contribution in [0.1, 0.15) is 13.8 Å². The zero-order valence-electron chi connectivity index (χ0n) is 4.82. The van der Waals surface area contributed by atoms with Gasteiger partial charge in [-0.05, 0) is 13.8 Å². The minimum atomic E-state index is 0. The van der Waals surface area contributed by atoms with Gasteiger partial charge in [0.2, 0.25) is 0 Å². The van der Waals surface area contributed by atoms with E-state index in [9.17, 15) is 4.79 Å². The molecule has 0 aliphatic carbocycles. The van der Waals surface area contributed by atoms with Gasteiger partial charge in [-0.3, -0.25) is 0 Å². The molecule has 0 radical (unpaired) electrons. The van der Waals surface area contributed by atoms with Crippen molar-refractivity contribution in [1.82, 2.24) is 0 Å². The van der Waals surface area contributed by atoms with Crippen molar-refractivity contribution in [3.05, 3.63) is 13.2 Å². The number of carbonyl (C=O) groups excluding carboxylic acids is 1. The first-order valence-electron chi connectivity index (χ1n) is 1.70. The van der Waals surface area contributed by atoms with Gasteiger partial charge in [0.15, 0.2) is 0 Å². The molecule has 0 N–H and O–H groups in total. The number of hydrogen-bond donors (Lipinski definition) is 0. The molecule has 40 valence electrons. The molecule has 0 amide bonds. The molecule has 0 aromatic rings. The molecule has 0 aliphatic rings. The van der Waals surface area contributed by atoms with E-state index in [0.29, 0.717) is 0 Å². The van der Waals surface area contributed by atoms with E-state index in [1.54, 1.807) is 0 Å². The van der Waals surface area contributed by atoms with E-state index in [2.05, 4.69) is 13.2 Å². The molecule has 0 rings (SSSR count). The van der Waals surface area contributed by atoms with Gasteiger partial charge < -0.3 is 4.79 Å². The summed E-state index contributed by atoms with van der Waals surface area (Å²) >= 11 is 0. The van der Waals surface area contributed by atoms with Crippen molar-refractivity contribution in [1.29, 1.82) is 0 Å². The average Bonchev–Trinajstić information content (AvgIpc) is 1.41. The Morgan fingerprint density at radius 3 is 1.29 bits per heavy atom. The number of hydrogen-bond acceptors (Lipinski definition) is 1. The largest absolute Gasteiger partial charge is 0.300 e. The Morgan fingerprint density at radius 1 is 1.29 bits per heavy atom. The molecule has 0 fully saturated rings. The summed E-state index contributed by atoms with van der Waals surface area (Å²) in [7, 11) is 0. The van der Waals surface area contributed by atoms with Crippen molar-refractivity contribution in [2.75, 3.05) is 0 Å². The first-order valence-corrected chi connectivity index (χ1v) is 1.70. The van der Waals surface area contributed by atoms with E-state index in [-0.39, 0.29) is 27.5 Å². The van der Waals surface area contributed by atoms with Crippen LogP contribution in [0.3, 0.4) is 0 Å². The summed E-state index contributed by atoms with van der Waals surface area (Å²) in [4.78, 5) is 9.44. The molecule has 0 unspecified atom stereocenters. The second-order valence-electron chi connectivity index (χ2n) is 0.908. The Bertz CT molecular complexity index is 39.3. The van der Waals surface area contributed by atoms with Gasteiger partial charge in [-0.2, -0.15) is 0 Å². The van der Waals surface area contributed by atoms with Crippen molar-refractivity contribution in [3.8, 4) is 0 Å². The number of carbonyl (C=O) groups is 1. The minimum Gasteiger partial charge on any atom is -0.300 e. The van der Waals surface area contributed by atoms with Crippen LogP contribution < -0.4 is 0 Å². The van der Waals surface area contributed by atoms with Gasteiger partial charge in [0.05, 0.1) is 0 Å². The maximum atomic E-state index is 9.44. The summed E-state index contributed by atoms with van der Waals surface area (Å²) < 4.78 is 0. The van der Waals surface area contributed by atoms with Crippen LogP contribution in [0.5, 0.6) is 0 Å². The molecule has 1 nitrogen and oxygen atoms in total. The fraction of sp³-hybridized carbons (Fsp3) is 0.400. The van der Waals surface area contributed by atoms with Crippen LogP contribution in [-0.4, -0.2) is 5.78 Å². The second-order valence-corrected chi connectivity index (χ2v) is 0.908. The first-order chi connectivity index (χ1) is 2.73. The molecule has 2 heteroatoms. The zero-order valence-corrected chi connectivity index (χ0v) is 6.38. The van der Waals surface area contributed by atoms with Crippen LogP contribution in [0.2, 0.25) is 0 Å². The molecular weight excluding hydrogens is 124 g/mol. The van der Waals surface area contributed by atoms with Crippen LogP contribution in [0.25, 0.3) is 0 Å². The zero-order chi connectivity index (χ0) is 5.58. The molecule has 0 saturated carbocycles. The van der Waals surface area contributed by atoms with Gasteiger partial charge in [-0.15, -0.1) is 13.2 Å². The van der Waals surface area contributed by atoms with Gasteiger partial charge in [-0.1, -0.05) is 0 Å². The minimum absolute atomic E-state index is 0. The van der Waals surface area contributed by atoms with Crippen LogP contribution in [0.4, 0.5) is 0 Å². The molecule has 0 aliphatic heterocycles. The van der Waals surface area contributed by atoms with Crippen LogP contribution in [0.15, 0.2) is 13.2 Å². The van der Waals surface area contributed by atoms with Gasteiger partial charge >= 0.3 is 0 Å². The Labute approximate surface area is 59.7 Å².